The molecule has 3 aromatic rings. The molecule has 0 spiro atoms. The van der Waals surface area contributed by atoms with Gasteiger partial charge < -0.3 is 14.0 Å². The van der Waals surface area contributed by atoms with Gasteiger partial charge in [-0.2, -0.15) is 4.99 Å². The number of carbonyl (C=O) groups excluding carboxylic acids is 3. The summed E-state index contributed by atoms with van der Waals surface area (Å²) in [7, 11) is 1.28. The van der Waals surface area contributed by atoms with Gasteiger partial charge in [0.25, 0.3) is 5.91 Å². The molecule has 1 amide bonds. The molecule has 0 aliphatic carbocycles. The molecule has 0 aliphatic rings. The minimum atomic E-state index is -0.651. The van der Waals surface area contributed by atoms with Crippen molar-refractivity contribution in [2.45, 2.75) is 13.5 Å². The summed E-state index contributed by atoms with van der Waals surface area (Å²) in [5.41, 5.74) is 1.01. The van der Waals surface area contributed by atoms with Crippen LogP contribution in [0.15, 0.2) is 47.5 Å². The number of aromatic nitrogens is 1. The Bertz CT molecular complexity index is 1170. The van der Waals surface area contributed by atoms with Crippen molar-refractivity contribution in [3.05, 3.63) is 64.2 Å². The Morgan fingerprint density at radius 1 is 1.14 bits per heavy atom. The lowest BCUT2D eigenvalue weighted by Crippen LogP contribution is -2.23. The maximum Gasteiger partial charge on any atom is 0.337 e. The second-order valence-corrected chi connectivity index (χ2v) is 6.89. The van der Waals surface area contributed by atoms with Crippen LogP contribution in [-0.2, 0) is 20.8 Å². The fraction of sp³-hybridized carbons (Fsp3) is 0.200. The number of esters is 2. The molecule has 0 radical (unpaired) electrons. The smallest absolute Gasteiger partial charge is 0.337 e. The number of amides is 1. The van der Waals surface area contributed by atoms with Crippen LogP contribution in [0.5, 0.6) is 0 Å². The molecule has 0 fully saturated rings. The Kier molecular flexibility index (Phi) is 6.18. The van der Waals surface area contributed by atoms with E-state index in [0.29, 0.717) is 15.8 Å². The van der Waals surface area contributed by atoms with Crippen LogP contribution in [0.4, 0.5) is 4.39 Å². The summed E-state index contributed by atoms with van der Waals surface area (Å²) in [5, 5.41) is 0. The number of nitrogens with zero attached hydrogens (tertiary/aromatic N) is 2. The number of hydrogen-bond acceptors (Lipinski definition) is 6. The first-order valence-electron chi connectivity index (χ1n) is 8.65. The highest BCUT2D eigenvalue weighted by Crippen LogP contribution is 2.20. The van der Waals surface area contributed by atoms with Gasteiger partial charge in [-0.25, -0.2) is 9.18 Å². The van der Waals surface area contributed by atoms with Crippen molar-refractivity contribution < 1.29 is 28.2 Å². The van der Waals surface area contributed by atoms with E-state index in [1.165, 1.54) is 29.9 Å². The standard InChI is InChI=1S/C20H17FN2O5S/c1-3-28-17(24)11-23-15-8-7-13(19(26)27-2)10-16(15)29-20(23)22-18(25)12-5-4-6-14(21)9-12/h4-10H,3,11H2,1-2H3. The van der Waals surface area contributed by atoms with Crippen molar-refractivity contribution in [2.24, 2.45) is 4.99 Å². The predicted molar refractivity (Wildman–Crippen MR) is 104 cm³/mol. The zero-order chi connectivity index (χ0) is 21.0. The maximum atomic E-state index is 13.4. The van der Waals surface area contributed by atoms with Crippen LogP contribution >= 0.6 is 11.3 Å². The van der Waals surface area contributed by atoms with E-state index in [-0.39, 0.29) is 23.5 Å². The van der Waals surface area contributed by atoms with Crippen LogP contribution in [-0.4, -0.2) is 36.1 Å². The van der Waals surface area contributed by atoms with E-state index in [2.05, 4.69) is 4.99 Å². The van der Waals surface area contributed by atoms with Crippen LogP contribution < -0.4 is 4.80 Å². The van der Waals surface area contributed by atoms with Gasteiger partial charge >= 0.3 is 11.9 Å². The first kappa shape index (κ1) is 20.4. The van der Waals surface area contributed by atoms with Gasteiger partial charge in [-0.05, 0) is 43.3 Å². The monoisotopic (exact) mass is 416 g/mol. The molecular formula is C20H17FN2O5S. The third-order valence-electron chi connectivity index (χ3n) is 3.97. The van der Waals surface area contributed by atoms with E-state index in [9.17, 15) is 18.8 Å². The molecule has 2 aromatic carbocycles. The van der Waals surface area contributed by atoms with Crippen molar-refractivity contribution in [1.29, 1.82) is 0 Å². The molecular weight excluding hydrogens is 399 g/mol. The maximum absolute atomic E-state index is 13.4. The summed E-state index contributed by atoms with van der Waals surface area (Å²) in [6.07, 6.45) is 0. The highest BCUT2D eigenvalue weighted by atomic mass is 32.1. The van der Waals surface area contributed by atoms with E-state index in [4.69, 9.17) is 9.47 Å². The second-order valence-electron chi connectivity index (χ2n) is 5.88. The van der Waals surface area contributed by atoms with Gasteiger partial charge in [0.15, 0.2) is 4.80 Å². The fourth-order valence-electron chi connectivity index (χ4n) is 2.66. The van der Waals surface area contributed by atoms with Gasteiger partial charge in [0.2, 0.25) is 0 Å². The zero-order valence-electron chi connectivity index (χ0n) is 15.7. The molecule has 1 aromatic heterocycles. The highest BCUT2D eigenvalue weighted by molar-refractivity contribution is 7.16. The minimum absolute atomic E-state index is 0.0837. The summed E-state index contributed by atoms with van der Waals surface area (Å²) in [4.78, 5) is 40.6. The second kappa shape index (κ2) is 8.78. The normalized spacial score (nSPS) is 11.5. The molecule has 7 nitrogen and oxygen atoms in total. The van der Waals surface area contributed by atoms with E-state index >= 15 is 0 Å². The van der Waals surface area contributed by atoms with E-state index in [1.54, 1.807) is 25.1 Å². The molecule has 0 unspecified atom stereocenters. The number of methoxy groups -OCH3 is 1. The van der Waals surface area contributed by atoms with Gasteiger partial charge in [-0.1, -0.05) is 17.4 Å². The molecule has 0 bridgehead atoms. The van der Waals surface area contributed by atoms with Crippen LogP contribution in [0.3, 0.4) is 0 Å². The fourth-order valence-corrected chi connectivity index (χ4v) is 3.73. The number of ether oxygens (including phenoxy) is 2. The number of thiazole rings is 1. The SMILES string of the molecule is CCOC(=O)Cn1c(=NC(=O)c2cccc(F)c2)sc2cc(C(=O)OC)ccc21. The van der Waals surface area contributed by atoms with Crippen molar-refractivity contribution >= 4 is 39.4 Å². The lowest BCUT2D eigenvalue weighted by atomic mass is 10.2. The minimum Gasteiger partial charge on any atom is -0.465 e. The van der Waals surface area contributed by atoms with Gasteiger partial charge in [0.05, 0.1) is 29.5 Å². The van der Waals surface area contributed by atoms with Crippen molar-refractivity contribution in [1.82, 2.24) is 4.57 Å². The van der Waals surface area contributed by atoms with Gasteiger partial charge in [0.1, 0.15) is 12.4 Å². The average molecular weight is 416 g/mol. The quantitative estimate of drug-likeness (QED) is 0.597. The van der Waals surface area contributed by atoms with Gasteiger partial charge in [-0.15, -0.1) is 0 Å². The number of fused-ring (bicyclic) bond motifs is 1. The summed E-state index contributed by atoms with van der Waals surface area (Å²) in [6, 6.07) is 9.98. The molecule has 0 aliphatic heterocycles. The molecule has 9 heteroatoms. The first-order chi connectivity index (χ1) is 13.9. The van der Waals surface area contributed by atoms with Gasteiger partial charge in [-0.3, -0.25) is 9.59 Å². The largest absolute Gasteiger partial charge is 0.465 e. The highest BCUT2D eigenvalue weighted by Gasteiger charge is 2.15. The van der Waals surface area contributed by atoms with E-state index < -0.39 is 23.7 Å². The van der Waals surface area contributed by atoms with Gasteiger partial charge in [0, 0.05) is 5.56 Å². The number of carbonyl (C=O) groups is 3. The summed E-state index contributed by atoms with van der Waals surface area (Å²) < 4.78 is 25.3. The van der Waals surface area contributed by atoms with Crippen LogP contribution in [0.2, 0.25) is 0 Å². The third-order valence-corrected chi connectivity index (χ3v) is 5.01. The number of rotatable bonds is 5. The van der Waals surface area contributed by atoms with Crippen LogP contribution in [0, 0.1) is 5.82 Å². The van der Waals surface area contributed by atoms with Crippen molar-refractivity contribution in [2.75, 3.05) is 13.7 Å². The Morgan fingerprint density at radius 2 is 1.93 bits per heavy atom. The van der Waals surface area contributed by atoms with Crippen LogP contribution in [0.1, 0.15) is 27.6 Å². The van der Waals surface area contributed by atoms with E-state index in [0.717, 1.165) is 17.4 Å². The van der Waals surface area contributed by atoms with Crippen LogP contribution in [0.25, 0.3) is 10.2 Å². The number of halogens is 1. The summed E-state index contributed by atoms with van der Waals surface area (Å²) >= 11 is 1.12. The van der Waals surface area contributed by atoms with Crippen molar-refractivity contribution in [3.63, 3.8) is 0 Å². The molecule has 0 atom stereocenters. The topological polar surface area (TPSA) is 87.0 Å². The number of hydrogen-bond donors (Lipinski definition) is 0. The Hall–Kier alpha value is -3.33. The molecule has 1 heterocycles. The predicted octanol–water partition coefficient (Wildman–Crippen LogP) is 2.93. The summed E-state index contributed by atoms with van der Waals surface area (Å²) in [6.45, 7) is 1.74. The first-order valence-corrected chi connectivity index (χ1v) is 9.46. The molecule has 29 heavy (non-hydrogen) atoms. The average Bonchev–Trinajstić information content (AvgIpc) is 3.03. The Morgan fingerprint density at radius 3 is 2.62 bits per heavy atom. The number of benzene rings is 2. The summed E-state index contributed by atoms with van der Waals surface area (Å²) in [5.74, 6) is -2.21. The molecule has 150 valence electrons. The lowest BCUT2D eigenvalue weighted by molar-refractivity contribution is -0.143. The molecule has 3 rings (SSSR count). The Labute approximate surface area is 169 Å². The third kappa shape index (κ3) is 4.57. The lowest BCUT2D eigenvalue weighted by Gasteiger charge is -2.05. The molecule has 0 saturated carbocycles. The van der Waals surface area contributed by atoms with E-state index in [1.807, 2.05) is 0 Å². The van der Waals surface area contributed by atoms with Crippen molar-refractivity contribution in [3.8, 4) is 0 Å². The zero-order valence-corrected chi connectivity index (χ0v) is 16.5. The molecule has 0 saturated heterocycles. The Balaban J connectivity index is 2.13. The molecule has 0 N–H and O–H groups in total.